The van der Waals surface area contributed by atoms with Crippen LogP contribution in [0.3, 0.4) is 0 Å². The van der Waals surface area contributed by atoms with Crippen molar-refractivity contribution >= 4 is 11.5 Å². The Hall–Kier alpha value is -1.91. The van der Waals surface area contributed by atoms with Crippen LogP contribution in [0.4, 0.5) is 5.69 Å². The minimum absolute atomic E-state index is 0.00755. The maximum Gasteiger partial charge on any atom is 0.313 e. The number of ketones is 1. The van der Waals surface area contributed by atoms with Gasteiger partial charge in [-0.2, -0.15) is 0 Å². The first-order valence-corrected chi connectivity index (χ1v) is 5.50. The number of hydrogen-bond acceptors (Lipinski definition) is 4. The van der Waals surface area contributed by atoms with E-state index in [2.05, 4.69) is 0 Å². The molecule has 0 aliphatic heterocycles. The molecule has 1 aromatic carbocycles. The average Bonchev–Trinajstić information content (AvgIpc) is 2.63. The first-order chi connectivity index (χ1) is 8.08. The monoisotopic (exact) mass is 235 g/mol. The molecule has 0 saturated heterocycles. The van der Waals surface area contributed by atoms with E-state index in [9.17, 15) is 14.9 Å². The summed E-state index contributed by atoms with van der Waals surface area (Å²) in [5, 5.41) is 10.9. The first kappa shape index (κ1) is 11.6. The van der Waals surface area contributed by atoms with Gasteiger partial charge in [0.15, 0.2) is 5.75 Å². The van der Waals surface area contributed by atoms with Crippen molar-refractivity contribution in [3.8, 4) is 5.75 Å². The lowest BCUT2D eigenvalue weighted by Gasteiger charge is -2.12. The number of Topliss-reactive ketones (excluding diaryl/α,β-unsaturated/α-hetero) is 1. The van der Waals surface area contributed by atoms with Crippen LogP contribution in [0.1, 0.15) is 24.8 Å². The molecule has 1 aliphatic rings. The molecule has 0 aromatic heterocycles. The molecule has 1 aliphatic carbocycles. The minimum atomic E-state index is -0.443. The highest BCUT2D eigenvalue weighted by molar-refractivity contribution is 5.81. The number of ether oxygens (including phenoxy) is 1. The zero-order valence-corrected chi connectivity index (χ0v) is 9.51. The molecule has 1 unspecified atom stereocenters. The summed E-state index contributed by atoms with van der Waals surface area (Å²) in [5.41, 5.74) is 0.559. The van der Waals surface area contributed by atoms with Gasteiger partial charge in [0.05, 0.1) is 4.92 Å². The molecule has 17 heavy (non-hydrogen) atoms. The SMILES string of the molecule is Cc1cccc(OC2CCC(=O)C2)c1[N+](=O)[O-]. The van der Waals surface area contributed by atoms with E-state index < -0.39 is 4.92 Å². The summed E-state index contributed by atoms with van der Waals surface area (Å²) in [6.07, 6.45) is 1.28. The predicted octanol–water partition coefficient (Wildman–Crippen LogP) is 2.40. The van der Waals surface area contributed by atoms with Crippen molar-refractivity contribution in [2.75, 3.05) is 0 Å². The maximum absolute atomic E-state index is 11.1. The third-order valence-corrected chi connectivity index (χ3v) is 2.88. The van der Waals surface area contributed by atoms with E-state index >= 15 is 0 Å². The Morgan fingerprint density at radius 1 is 1.47 bits per heavy atom. The van der Waals surface area contributed by atoms with Gasteiger partial charge in [-0.05, 0) is 19.4 Å². The molecule has 0 N–H and O–H groups in total. The zero-order valence-electron chi connectivity index (χ0n) is 9.51. The Balaban J connectivity index is 2.23. The largest absolute Gasteiger partial charge is 0.483 e. The number of hydrogen-bond donors (Lipinski definition) is 0. The van der Waals surface area contributed by atoms with E-state index in [0.29, 0.717) is 24.8 Å². The van der Waals surface area contributed by atoms with Crippen molar-refractivity contribution in [3.63, 3.8) is 0 Å². The lowest BCUT2D eigenvalue weighted by molar-refractivity contribution is -0.386. The second-order valence-corrected chi connectivity index (χ2v) is 4.20. The lowest BCUT2D eigenvalue weighted by atomic mass is 10.2. The topological polar surface area (TPSA) is 69.4 Å². The second kappa shape index (κ2) is 4.53. The van der Waals surface area contributed by atoms with Gasteiger partial charge in [-0.15, -0.1) is 0 Å². The standard InChI is InChI=1S/C12H13NO4/c1-8-3-2-4-11(12(8)13(15)16)17-10-6-5-9(14)7-10/h2-4,10H,5-7H2,1H3. The highest BCUT2D eigenvalue weighted by Crippen LogP contribution is 2.32. The van der Waals surface area contributed by atoms with Gasteiger partial charge in [0.1, 0.15) is 11.9 Å². The molecule has 1 aromatic rings. The van der Waals surface area contributed by atoms with Gasteiger partial charge in [0, 0.05) is 18.4 Å². The van der Waals surface area contributed by atoms with Gasteiger partial charge < -0.3 is 4.74 Å². The summed E-state index contributed by atoms with van der Waals surface area (Å²) < 4.78 is 5.56. The Morgan fingerprint density at radius 2 is 2.24 bits per heavy atom. The minimum Gasteiger partial charge on any atom is -0.483 e. The third-order valence-electron chi connectivity index (χ3n) is 2.88. The molecular formula is C12H13NO4. The van der Waals surface area contributed by atoms with Crippen LogP contribution in [0.5, 0.6) is 5.75 Å². The molecule has 2 rings (SSSR count). The molecule has 5 nitrogen and oxygen atoms in total. The summed E-state index contributed by atoms with van der Waals surface area (Å²) in [4.78, 5) is 21.6. The van der Waals surface area contributed by atoms with Crippen molar-refractivity contribution in [1.29, 1.82) is 0 Å². The summed E-state index contributed by atoms with van der Waals surface area (Å²) in [6.45, 7) is 1.67. The van der Waals surface area contributed by atoms with Crippen LogP contribution in [-0.2, 0) is 4.79 Å². The van der Waals surface area contributed by atoms with Gasteiger partial charge in [0.2, 0.25) is 0 Å². The van der Waals surface area contributed by atoms with Crippen LogP contribution in [0, 0.1) is 17.0 Å². The number of rotatable bonds is 3. The lowest BCUT2D eigenvalue weighted by Crippen LogP contribution is -2.13. The van der Waals surface area contributed by atoms with Gasteiger partial charge in [-0.3, -0.25) is 14.9 Å². The summed E-state index contributed by atoms with van der Waals surface area (Å²) >= 11 is 0. The molecule has 0 bridgehead atoms. The van der Waals surface area contributed by atoms with E-state index in [1.54, 1.807) is 25.1 Å². The smallest absolute Gasteiger partial charge is 0.313 e. The van der Waals surface area contributed by atoms with E-state index in [1.807, 2.05) is 0 Å². The normalized spacial score (nSPS) is 19.4. The molecule has 1 saturated carbocycles. The fourth-order valence-corrected chi connectivity index (χ4v) is 2.02. The van der Waals surface area contributed by atoms with E-state index in [1.165, 1.54) is 0 Å². The maximum atomic E-state index is 11.1. The van der Waals surface area contributed by atoms with E-state index in [0.717, 1.165) is 0 Å². The van der Waals surface area contributed by atoms with E-state index in [4.69, 9.17) is 4.74 Å². The van der Waals surface area contributed by atoms with Crippen molar-refractivity contribution < 1.29 is 14.5 Å². The molecule has 0 radical (unpaired) electrons. The average molecular weight is 235 g/mol. The molecular weight excluding hydrogens is 222 g/mol. The highest BCUT2D eigenvalue weighted by Gasteiger charge is 2.27. The van der Waals surface area contributed by atoms with Gasteiger partial charge in [0.25, 0.3) is 0 Å². The molecule has 1 fully saturated rings. The first-order valence-electron chi connectivity index (χ1n) is 5.50. The van der Waals surface area contributed by atoms with Crippen LogP contribution >= 0.6 is 0 Å². The number of benzene rings is 1. The molecule has 0 spiro atoms. The Bertz CT molecular complexity index is 470. The highest BCUT2D eigenvalue weighted by atomic mass is 16.6. The molecule has 1 atom stereocenters. The fraction of sp³-hybridized carbons (Fsp3) is 0.417. The zero-order chi connectivity index (χ0) is 12.4. The number of nitro groups is 1. The molecule has 0 heterocycles. The number of para-hydroxylation sites is 1. The summed E-state index contributed by atoms with van der Waals surface area (Å²) in [7, 11) is 0. The second-order valence-electron chi connectivity index (χ2n) is 4.20. The van der Waals surface area contributed by atoms with Crippen molar-refractivity contribution in [1.82, 2.24) is 0 Å². The predicted molar refractivity (Wildman–Crippen MR) is 61.1 cm³/mol. The number of nitro benzene ring substituents is 1. The van der Waals surface area contributed by atoms with Gasteiger partial charge in [-0.25, -0.2) is 0 Å². The Labute approximate surface area is 98.5 Å². The quantitative estimate of drug-likeness (QED) is 0.595. The van der Waals surface area contributed by atoms with Crippen molar-refractivity contribution in [2.45, 2.75) is 32.3 Å². The van der Waals surface area contributed by atoms with Gasteiger partial charge >= 0.3 is 5.69 Å². The van der Waals surface area contributed by atoms with Crippen molar-refractivity contribution in [3.05, 3.63) is 33.9 Å². The van der Waals surface area contributed by atoms with Crippen LogP contribution in [0.2, 0.25) is 0 Å². The number of aryl methyl sites for hydroxylation is 1. The molecule has 5 heteroatoms. The van der Waals surface area contributed by atoms with Crippen LogP contribution in [0.25, 0.3) is 0 Å². The third kappa shape index (κ3) is 2.43. The fourth-order valence-electron chi connectivity index (χ4n) is 2.02. The van der Waals surface area contributed by atoms with Gasteiger partial charge in [-0.1, -0.05) is 12.1 Å². The van der Waals surface area contributed by atoms with Crippen LogP contribution in [-0.4, -0.2) is 16.8 Å². The number of nitrogens with zero attached hydrogens (tertiary/aromatic N) is 1. The Kier molecular flexibility index (Phi) is 3.08. The molecule has 90 valence electrons. The summed E-state index contributed by atoms with van der Waals surface area (Å²) in [5.74, 6) is 0.417. The van der Waals surface area contributed by atoms with Crippen LogP contribution < -0.4 is 4.74 Å². The van der Waals surface area contributed by atoms with Crippen molar-refractivity contribution in [2.24, 2.45) is 0 Å². The number of carbonyl (C=O) groups excluding carboxylic acids is 1. The summed E-state index contributed by atoms with van der Waals surface area (Å²) in [6, 6.07) is 4.97. The molecule has 0 amide bonds. The Morgan fingerprint density at radius 3 is 2.82 bits per heavy atom. The number of carbonyl (C=O) groups is 1. The van der Waals surface area contributed by atoms with E-state index in [-0.39, 0.29) is 23.3 Å². The van der Waals surface area contributed by atoms with Crippen LogP contribution in [0.15, 0.2) is 18.2 Å².